The van der Waals surface area contributed by atoms with Crippen molar-refractivity contribution in [1.29, 1.82) is 0 Å². The van der Waals surface area contributed by atoms with E-state index in [4.69, 9.17) is 27.9 Å². The van der Waals surface area contributed by atoms with Gasteiger partial charge in [0.1, 0.15) is 5.82 Å². The molecule has 0 spiro atoms. The number of rotatable bonds is 4. The summed E-state index contributed by atoms with van der Waals surface area (Å²) in [6.45, 7) is 1.27. The van der Waals surface area contributed by atoms with Crippen LogP contribution in [0.2, 0.25) is 10.0 Å². The Bertz CT molecular complexity index is 696. The first-order chi connectivity index (χ1) is 11.6. The lowest BCUT2D eigenvalue weighted by Crippen LogP contribution is -2.28. The summed E-state index contributed by atoms with van der Waals surface area (Å²) in [4.78, 5) is 16.4. The van der Waals surface area contributed by atoms with Crippen molar-refractivity contribution in [3.05, 3.63) is 46.6 Å². The van der Waals surface area contributed by atoms with Gasteiger partial charge in [0, 0.05) is 34.9 Å². The molecule has 0 radical (unpaired) electrons. The van der Waals surface area contributed by atoms with Crippen LogP contribution in [-0.4, -0.2) is 24.1 Å². The lowest BCUT2D eigenvalue weighted by molar-refractivity contribution is -0.122. The lowest BCUT2D eigenvalue weighted by Gasteiger charge is -2.20. The number of pyridine rings is 1. The highest BCUT2D eigenvalue weighted by atomic mass is 35.5. The number of ether oxygens (including phenoxy) is 1. The van der Waals surface area contributed by atoms with Gasteiger partial charge in [-0.15, -0.1) is 0 Å². The van der Waals surface area contributed by atoms with Crippen molar-refractivity contribution in [2.75, 3.05) is 23.8 Å². The number of carbonyl (C=O) groups excluding carboxylic acids is 1. The number of halogens is 2. The number of hydrogen-bond acceptors (Lipinski definition) is 4. The molecule has 0 bridgehead atoms. The van der Waals surface area contributed by atoms with Gasteiger partial charge in [0.15, 0.2) is 0 Å². The van der Waals surface area contributed by atoms with Gasteiger partial charge in [0.05, 0.1) is 11.9 Å². The van der Waals surface area contributed by atoms with Crippen LogP contribution in [0.25, 0.3) is 0 Å². The molecule has 126 valence electrons. The largest absolute Gasteiger partial charge is 0.381 e. The molecular formula is C17H17Cl2N3O2. The number of benzene rings is 1. The molecule has 1 amide bonds. The van der Waals surface area contributed by atoms with E-state index < -0.39 is 0 Å². The monoisotopic (exact) mass is 365 g/mol. The third kappa shape index (κ3) is 4.60. The Balaban J connectivity index is 1.61. The molecule has 5 nitrogen and oxygen atoms in total. The highest BCUT2D eigenvalue weighted by molar-refractivity contribution is 6.35. The molecule has 3 rings (SSSR count). The van der Waals surface area contributed by atoms with Gasteiger partial charge >= 0.3 is 0 Å². The van der Waals surface area contributed by atoms with E-state index in [1.54, 1.807) is 30.5 Å². The zero-order valence-corrected chi connectivity index (χ0v) is 14.4. The third-order valence-electron chi connectivity index (χ3n) is 3.76. The van der Waals surface area contributed by atoms with E-state index in [1.807, 2.05) is 6.07 Å². The van der Waals surface area contributed by atoms with E-state index in [1.165, 1.54) is 0 Å². The van der Waals surface area contributed by atoms with Crippen LogP contribution in [0.5, 0.6) is 0 Å². The maximum absolute atomic E-state index is 12.2. The molecule has 0 saturated carbocycles. The fraction of sp³-hybridized carbons (Fsp3) is 0.294. The Hall–Kier alpha value is -1.82. The lowest BCUT2D eigenvalue weighted by atomic mass is 9.99. The number of amides is 1. The zero-order chi connectivity index (χ0) is 16.9. The van der Waals surface area contributed by atoms with Crippen LogP contribution in [0.3, 0.4) is 0 Å². The minimum Gasteiger partial charge on any atom is -0.381 e. The highest BCUT2D eigenvalue weighted by Crippen LogP contribution is 2.25. The number of nitrogens with zero attached hydrogens (tertiary/aromatic N) is 1. The van der Waals surface area contributed by atoms with Crippen molar-refractivity contribution in [2.24, 2.45) is 5.92 Å². The van der Waals surface area contributed by atoms with Crippen molar-refractivity contribution in [1.82, 2.24) is 4.98 Å². The summed E-state index contributed by atoms with van der Waals surface area (Å²) in [6, 6.07) is 8.80. The van der Waals surface area contributed by atoms with Crippen LogP contribution in [0.1, 0.15) is 12.8 Å². The van der Waals surface area contributed by atoms with Gasteiger partial charge in [-0.1, -0.05) is 23.2 Å². The molecule has 0 atom stereocenters. The smallest absolute Gasteiger partial charge is 0.228 e. The van der Waals surface area contributed by atoms with E-state index in [2.05, 4.69) is 15.6 Å². The van der Waals surface area contributed by atoms with Crippen LogP contribution >= 0.6 is 23.2 Å². The molecule has 0 aliphatic carbocycles. The molecule has 1 fully saturated rings. The molecule has 1 aromatic heterocycles. The number of anilines is 3. The van der Waals surface area contributed by atoms with Gasteiger partial charge in [-0.25, -0.2) is 4.98 Å². The van der Waals surface area contributed by atoms with Gasteiger partial charge in [-0.3, -0.25) is 4.79 Å². The van der Waals surface area contributed by atoms with Gasteiger partial charge in [-0.05, 0) is 43.2 Å². The van der Waals surface area contributed by atoms with E-state index in [0.717, 1.165) is 24.2 Å². The maximum atomic E-state index is 12.2. The second-order valence-corrected chi connectivity index (χ2v) is 6.46. The molecule has 1 saturated heterocycles. The van der Waals surface area contributed by atoms with Gasteiger partial charge < -0.3 is 15.4 Å². The first kappa shape index (κ1) is 17.0. The second-order valence-electron chi connectivity index (χ2n) is 5.59. The molecule has 2 heterocycles. The Morgan fingerprint density at radius 1 is 1.08 bits per heavy atom. The topological polar surface area (TPSA) is 63.2 Å². The van der Waals surface area contributed by atoms with Crippen molar-refractivity contribution >= 4 is 46.3 Å². The van der Waals surface area contributed by atoms with Crippen LogP contribution in [0.4, 0.5) is 17.2 Å². The minimum atomic E-state index is -0.00745. The SMILES string of the molecule is O=C(Nc1ccc(Nc2cc(Cl)cc(Cl)c2)cn1)C1CCOCC1. The van der Waals surface area contributed by atoms with Crippen molar-refractivity contribution < 1.29 is 9.53 Å². The molecule has 24 heavy (non-hydrogen) atoms. The van der Waals surface area contributed by atoms with Crippen molar-refractivity contribution in [2.45, 2.75) is 12.8 Å². The van der Waals surface area contributed by atoms with Crippen molar-refractivity contribution in [3.8, 4) is 0 Å². The first-order valence-electron chi connectivity index (χ1n) is 7.68. The Morgan fingerprint density at radius 2 is 1.79 bits per heavy atom. The van der Waals surface area contributed by atoms with E-state index >= 15 is 0 Å². The summed E-state index contributed by atoms with van der Waals surface area (Å²) >= 11 is 12.0. The minimum absolute atomic E-state index is 0.00636. The third-order valence-corrected chi connectivity index (χ3v) is 4.19. The van der Waals surface area contributed by atoms with Crippen LogP contribution in [0.15, 0.2) is 36.5 Å². The fourth-order valence-electron chi connectivity index (χ4n) is 2.52. The molecule has 2 N–H and O–H groups in total. The number of hydrogen-bond donors (Lipinski definition) is 2. The molecule has 0 unspecified atom stereocenters. The molecule has 2 aromatic rings. The molecule has 1 aliphatic heterocycles. The molecule has 7 heteroatoms. The number of aromatic nitrogens is 1. The van der Waals surface area contributed by atoms with Crippen LogP contribution < -0.4 is 10.6 Å². The summed E-state index contributed by atoms with van der Waals surface area (Å²) in [5.41, 5.74) is 1.55. The summed E-state index contributed by atoms with van der Waals surface area (Å²) in [5, 5.41) is 7.12. The summed E-state index contributed by atoms with van der Waals surface area (Å²) in [5.74, 6) is 0.515. The Labute approximate surface area is 150 Å². The van der Waals surface area contributed by atoms with Gasteiger partial charge in [0.25, 0.3) is 0 Å². The average molecular weight is 366 g/mol. The van der Waals surface area contributed by atoms with E-state index in [-0.39, 0.29) is 11.8 Å². The standard InChI is InChI=1S/C17H17Cl2N3O2/c18-12-7-13(19)9-15(8-12)21-14-1-2-16(20-10-14)22-17(23)11-3-5-24-6-4-11/h1-2,7-11,21H,3-6H2,(H,20,22,23). The quantitative estimate of drug-likeness (QED) is 0.837. The van der Waals surface area contributed by atoms with Gasteiger partial charge in [0.2, 0.25) is 5.91 Å². The van der Waals surface area contributed by atoms with E-state index in [0.29, 0.717) is 29.1 Å². The van der Waals surface area contributed by atoms with Crippen LogP contribution in [0, 0.1) is 5.92 Å². The van der Waals surface area contributed by atoms with E-state index in [9.17, 15) is 4.79 Å². The predicted octanol–water partition coefficient (Wildman–Crippen LogP) is 4.50. The fourth-order valence-corrected chi connectivity index (χ4v) is 3.05. The van der Waals surface area contributed by atoms with Gasteiger partial charge in [-0.2, -0.15) is 0 Å². The summed E-state index contributed by atoms with van der Waals surface area (Å²) < 4.78 is 5.27. The molecule has 1 aromatic carbocycles. The zero-order valence-electron chi connectivity index (χ0n) is 12.9. The Kier molecular flexibility index (Phi) is 5.56. The molecular weight excluding hydrogens is 349 g/mol. The maximum Gasteiger partial charge on any atom is 0.228 e. The normalized spacial score (nSPS) is 15.1. The van der Waals surface area contributed by atoms with Crippen LogP contribution in [-0.2, 0) is 9.53 Å². The predicted molar refractivity (Wildman–Crippen MR) is 96.2 cm³/mol. The molecule has 1 aliphatic rings. The first-order valence-corrected chi connectivity index (χ1v) is 8.43. The summed E-state index contributed by atoms with van der Waals surface area (Å²) in [6.07, 6.45) is 3.15. The Morgan fingerprint density at radius 3 is 2.42 bits per heavy atom. The average Bonchev–Trinajstić information content (AvgIpc) is 2.56. The number of carbonyl (C=O) groups is 1. The highest BCUT2D eigenvalue weighted by Gasteiger charge is 2.21. The second kappa shape index (κ2) is 7.83. The number of nitrogens with one attached hydrogen (secondary N) is 2. The van der Waals surface area contributed by atoms with Crippen molar-refractivity contribution in [3.63, 3.8) is 0 Å². The summed E-state index contributed by atoms with van der Waals surface area (Å²) in [7, 11) is 0.